The van der Waals surface area contributed by atoms with Crippen LogP contribution in [-0.2, 0) is 0 Å². The van der Waals surface area contributed by atoms with Gasteiger partial charge in [-0.3, -0.25) is 0 Å². The Bertz CT molecular complexity index is 477. The van der Waals surface area contributed by atoms with Crippen molar-refractivity contribution in [2.45, 2.75) is 38.7 Å². The molecular formula is C14H19ClN2O2. The van der Waals surface area contributed by atoms with Crippen LogP contribution in [0.2, 0.25) is 5.02 Å². The summed E-state index contributed by atoms with van der Waals surface area (Å²) in [4.78, 5) is 0. The Labute approximate surface area is 118 Å². The zero-order valence-electron chi connectivity index (χ0n) is 11.0. The van der Waals surface area contributed by atoms with Gasteiger partial charge in [0, 0.05) is 5.56 Å². The molecule has 3 N–H and O–H groups in total. The van der Waals surface area contributed by atoms with Gasteiger partial charge in [-0.2, -0.15) is 0 Å². The second-order valence-corrected chi connectivity index (χ2v) is 5.55. The molecule has 1 aromatic carbocycles. The van der Waals surface area contributed by atoms with Gasteiger partial charge in [-0.1, -0.05) is 30.1 Å². The van der Waals surface area contributed by atoms with Crippen molar-refractivity contribution < 1.29 is 9.94 Å². The molecule has 1 aliphatic carbocycles. The van der Waals surface area contributed by atoms with Crippen molar-refractivity contribution in [1.29, 1.82) is 0 Å². The van der Waals surface area contributed by atoms with Gasteiger partial charge in [0.1, 0.15) is 5.75 Å². The van der Waals surface area contributed by atoms with Crippen LogP contribution in [0.3, 0.4) is 0 Å². The molecule has 1 fully saturated rings. The molecule has 19 heavy (non-hydrogen) atoms. The van der Waals surface area contributed by atoms with E-state index in [9.17, 15) is 0 Å². The zero-order valence-corrected chi connectivity index (χ0v) is 11.7. The highest BCUT2D eigenvalue weighted by molar-refractivity contribution is 6.34. The first kappa shape index (κ1) is 14.0. The smallest absolute Gasteiger partial charge is 0.171 e. The Balaban J connectivity index is 2.07. The number of benzene rings is 1. The standard InChI is InChI=1S/C14H19ClN2O2/c1-9-3-2-4-10(7-9)19-11-5-6-12(13(15)8-11)14(16)17-18/h5-6,8-10,18H,2-4,7H2,1H3,(H2,16,17). The number of amidine groups is 1. The summed E-state index contributed by atoms with van der Waals surface area (Å²) in [5, 5.41) is 12.0. The van der Waals surface area contributed by atoms with Gasteiger partial charge in [-0.05, 0) is 43.4 Å². The first-order valence-corrected chi connectivity index (χ1v) is 6.92. The molecule has 5 heteroatoms. The van der Waals surface area contributed by atoms with E-state index in [1.165, 1.54) is 12.8 Å². The minimum absolute atomic E-state index is 0.00263. The number of ether oxygens (including phenoxy) is 1. The van der Waals surface area contributed by atoms with Crippen LogP contribution >= 0.6 is 11.6 Å². The molecule has 1 aliphatic rings. The summed E-state index contributed by atoms with van der Waals surface area (Å²) in [5.74, 6) is 1.45. The third kappa shape index (κ3) is 3.53. The van der Waals surface area contributed by atoms with Gasteiger partial charge in [0.15, 0.2) is 5.84 Å². The number of oxime groups is 1. The molecule has 0 saturated heterocycles. The Morgan fingerprint density at radius 3 is 2.89 bits per heavy atom. The number of nitrogens with zero attached hydrogens (tertiary/aromatic N) is 1. The van der Waals surface area contributed by atoms with Crippen LogP contribution in [0.5, 0.6) is 5.75 Å². The molecule has 2 unspecified atom stereocenters. The lowest BCUT2D eigenvalue weighted by Gasteiger charge is -2.27. The molecule has 0 amide bonds. The van der Waals surface area contributed by atoms with E-state index >= 15 is 0 Å². The van der Waals surface area contributed by atoms with Gasteiger partial charge in [0.25, 0.3) is 0 Å². The highest BCUT2D eigenvalue weighted by atomic mass is 35.5. The number of hydrogen-bond donors (Lipinski definition) is 2. The fraction of sp³-hybridized carbons (Fsp3) is 0.500. The maximum Gasteiger partial charge on any atom is 0.171 e. The van der Waals surface area contributed by atoms with E-state index < -0.39 is 0 Å². The van der Waals surface area contributed by atoms with E-state index in [0.29, 0.717) is 16.5 Å². The summed E-state index contributed by atoms with van der Waals surface area (Å²) in [6.07, 6.45) is 4.92. The molecule has 0 radical (unpaired) electrons. The summed E-state index contributed by atoms with van der Waals surface area (Å²) in [5.41, 5.74) is 6.03. The van der Waals surface area contributed by atoms with Crippen molar-refractivity contribution in [1.82, 2.24) is 0 Å². The largest absolute Gasteiger partial charge is 0.490 e. The minimum atomic E-state index is 0.00263. The van der Waals surface area contributed by atoms with Crippen LogP contribution < -0.4 is 10.5 Å². The Morgan fingerprint density at radius 1 is 1.47 bits per heavy atom. The van der Waals surface area contributed by atoms with Crippen LogP contribution in [0.1, 0.15) is 38.2 Å². The molecule has 0 aromatic heterocycles. The lowest BCUT2D eigenvalue weighted by atomic mass is 9.89. The van der Waals surface area contributed by atoms with Gasteiger partial charge in [-0.25, -0.2) is 0 Å². The molecule has 4 nitrogen and oxygen atoms in total. The topological polar surface area (TPSA) is 67.8 Å². The van der Waals surface area contributed by atoms with Crippen molar-refractivity contribution in [2.24, 2.45) is 16.8 Å². The highest BCUT2D eigenvalue weighted by Gasteiger charge is 2.20. The molecule has 1 aromatic rings. The first-order chi connectivity index (χ1) is 9.10. The summed E-state index contributed by atoms with van der Waals surface area (Å²) < 4.78 is 5.95. The van der Waals surface area contributed by atoms with Crippen molar-refractivity contribution in [3.8, 4) is 5.75 Å². The normalized spacial score (nSPS) is 24.2. The average Bonchev–Trinajstić information content (AvgIpc) is 2.38. The van der Waals surface area contributed by atoms with Crippen molar-refractivity contribution in [3.05, 3.63) is 28.8 Å². The molecule has 0 heterocycles. The van der Waals surface area contributed by atoms with Crippen molar-refractivity contribution in [3.63, 3.8) is 0 Å². The third-order valence-corrected chi connectivity index (χ3v) is 3.83. The molecular weight excluding hydrogens is 264 g/mol. The van der Waals surface area contributed by atoms with Crippen molar-refractivity contribution in [2.75, 3.05) is 0 Å². The molecule has 104 valence electrons. The Morgan fingerprint density at radius 2 is 2.26 bits per heavy atom. The molecule has 0 aliphatic heterocycles. The van der Waals surface area contributed by atoms with Crippen LogP contribution in [0.4, 0.5) is 0 Å². The van der Waals surface area contributed by atoms with E-state index in [1.807, 2.05) is 0 Å². The van der Waals surface area contributed by atoms with Crippen LogP contribution in [0.25, 0.3) is 0 Å². The van der Waals surface area contributed by atoms with E-state index in [4.69, 9.17) is 27.3 Å². The van der Waals surface area contributed by atoms with Gasteiger partial charge in [0.2, 0.25) is 0 Å². The lowest BCUT2D eigenvalue weighted by molar-refractivity contribution is 0.129. The molecule has 0 spiro atoms. The number of rotatable bonds is 3. The molecule has 2 rings (SSSR count). The maximum atomic E-state index is 8.65. The van der Waals surface area contributed by atoms with E-state index in [1.54, 1.807) is 18.2 Å². The first-order valence-electron chi connectivity index (χ1n) is 6.54. The Kier molecular flexibility index (Phi) is 4.53. The van der Waals surface area contributed by atoms with Crippen molar-refractivity contribution >= 4 is 17.4 Å². The second-order valence-electron chi connectivity index (χ2n) is 5.14. The number of hydrogen-bond acceptors (Lipinski definition) is 3. The lowest BCUT2D eigenvalue weighted by Crippen LogP contribution is -2.24. The summed E-state index contributed by atoms with van der Waals surface area (Å²) >= 11 is 6.10. The number of nitrogens with two attached hydrogens (primary N) is 1. The summed E-state index contributed by atoms with van der Waals surface area (Å²) in [6, 6.07) is 5.23. The van der Waals surface area contributed by atoms with E-state index in [0.717, 1.165) is 18.6 Å². The SMILES string of the molecule is CC1CCCC(Oc2ccc(C(N)=NO)c(Cl)c2)C1. The monoisotopic (exact) mass is 282 g/mol. The summed E-state index contributed by atoms with van der Waals surface area (Å²) in [7, 11) is 0. The fourth-order valence-electron chi connectivity index (χ4n) is 2.51. The predicted octanol–water partition coefficient (Wildman–Crippen LogP) is 3.39. The predicted molar refractivity (Wildman–Crippen MR) is 76.0 cm³/mol. The van der Waals surface area contributed by atoms with Crippen LogP contribution in [0, 0.1) is 5.92 Å². The average molecular weight is 283 g/mol. The van der Waals surface area contributed by atoms with Gasteiger partial charge in [0.05, 0.1) is 11.1 Å². The maximum absolute atomic E-state index is 8.65. The van der Waals surface area contributed by atoms with Crippen LogP contribution in [0.15, 0.2) is 23.4 Å². The third-order valence-electron chi connectivity index (χ3n) is 3.52. The molecule has 1 saturated carbocycles. The zero-order chi connectivity index (χ0) is 13.8. The molecule has 0 bridgehead atoms. The Hall–Kier alpha value is -1.42. The summed E-state index contributed by atoms with van der Waals surface area (Å²) in [6.45, 7) is 2.25. The quantitative estimate of drug-likeness (QED) is 0.386. The molecule has 2 atom stereocenters. The van der Waals surface area contributed by atoms with Gasteiger partial charge in [-0.15, -0.1) is 0 Å². The van der Waals surface area contributed by atoms with Gasteiger partial charge >= 0.3 is 0 Å². The van der Waals surface area contributed by atoms with E-state index in [-0.39, 0.29) is 11.9 Å². The number of halogens is 1. The second kappa shape index (κ2) is 6.15. The van der Waals surface area contributed by atoms with E-state index in [2.05, 4.69) is 12.1 Å². The minimum Gasteiger partial charge on any atom is -0.490 e. The highest BCUT2D eigenvalue weighted by Crippen LogP contribution is 2.29. The fourth-order valence-corrected chi connectivity index (χ4v) is 2.78. The van der Waals surface area contributed by atoms with Crippen LogP contribution in [-0.4, -0.2) is 17.1 Å². The van der Waals surface area contributed by atoms with Gasteiger partial charge < -0.3 is 15.7 Å².